The molecule has 0 bridgehead atoms. The van der Waals surface area contributed by atoms with Crippen molar-refractivity contribution in [3.8, 4) is 0 Å². The van der Waals surface area contributed by atoms with Gasteiger partial charge in [-0.1, -0.05) is 19.1 Å². The van der Waals surface area contributed by atoms with Crippen molar-refractivity contribution in [2.45, 2.75) is 71.4 Å². The Morgan fingerprint density at radius 3 is 2.58 bits per heavy atom. The Labute approximate surface area is 205 Å². The first-order chi connectivity index (χ1) is 14.6. The number of likely N-dealkylation sites (tertiary alicyclic amines) is 1. The fraction of sp³-hybridized carbons (Fsp3) is 0.667. The molecule has 0 spiro atoms. The molecule has 6 nitrogen and oxygen atoms in total. The van der Waals surface area contributed by atoms with Gasteiger partial charge in [-0.05, 0) is 63.6 Å². The number of nitrogens with one attached hydrogen (secondary N) is 2. The van der Waals surface area contributed by atoms with Crippen LogP contribution in [0.25, 0.3) is 0 Å². The molecule has 0 aromatic heterocycles. The summed E-state index contributed by atoms with van der Waals surface area (Å²) >= 11 is 0. The molecule has 31 heavy (non-hydrogen) atoms. The smallest absolute Gasteiger partial charge is 0.222 e. The first-order valence-electron chi connectivity index (χ1n) is 11.8. The van der Waals surface area contributed by atoms with E-state index in [2.05, 4.69) is 65.5 Å². The van der Waals surface area contributed by atoms with Crippen molar-refractivity contribution < 1.29 is 4.79 Å². The van der Waals surface area contributed by atoms with Gasteiger partial charge in [-0.25, -0.2) is 0 Å². The van der Waals surface area contributed by atoms with Gasteiger partial charge in [0.25, 0.3) is 0 Å². The Morgan fingerprint density at radius 2 is 1.94 bits per heavy atom. The average molecular weight is 542 g/mol. The van der Waals surface area contributed by atoms with E-state index in [-0.39, 0.29) is 30.0 Å². The minimum absolute atomic E-state index is 0. The van der Waals surface area contributed by atoms with Gasteiger partial charge in [-0.2, -0.15) is 0 Å². The molecule has 2 atom stereocenters. The predicted octanol–water partition coefficient (Wildman–Crippen LogP) is 4.31. The number of aliphatic imine (C=N–C) groups is 1. The normalized spacial score (nSPS) is 18.7. The molecule has 174 valence electrons. The number of hydrogen-bond acceptors (Lipinski definition) is 3. The quantitative estimate of drug-likeness (QED) is 0.278. The number of carbonyl (C=O) groups excluding carboxylic acids is 1. The van der Waals surface area contributed by atoms with E-state index in [0.717, 1.165) is 57.9 Å². The maximum atomic E-state index is 12.1. The molecule has 0 radical (unpaired) electrons. The minimum Gasteiger partial charge on any atom is -0.372 e. The van der Waals surface area contributed by atoms with Crippen LogP contribution in [0, 0.1) is 0 Å². The lowest BCUT2D eigenvalue weighted by molar-refractivity contribution is -0.129. The van der Waals surface area contributed by atoms with E-state index in [1.165, 1.54) is 24.1 Å². The molecule has 0 aliphatic carbocycles. The van der Waals surface area contributed by atoms with Crippen molar-refractivity contribution in [2.75, 3.05) is 37.6 Å². The summed E-state index contributed by atoms with van der Waals surface area (Å²) in [5.74, 6) is 1.15. The van der Waals surface area contributed by atoms with Gasteiger partial charge in [0.05, 0.1) is 6.04 Å². The molecule has 1 aromatic rings. The van der Waals surface area contributed by atoms with E-state index in [0.29, 0.717) is 18.4 Å². The van der Waals surface area contributed by atoms with Gasteiger partial charge in [-0.3, -0.25) is 9.79 Å². The fourth-order valence-corrected chi connectivity index (χ4v) is 4.54. The first kappa shape index (κ1) is 25.7. The second-order valence-corrected chi connectivity index (χ2v) is 8.46. The van der Waals surface area contributed by atoms with Gasteiger partial charge in [0.1, 0.15) is 0 Å². The Bertz CT molecular complexity index is 720. The fourth-order valence-electron chi connectivity index (χ4n) is 4.54. The zero-order valence-corrected chi connectivity index (χ0v) is 21.7. The summed E-state index contributed by atoms with van der Waals surface area (Å²) in [6.07, 6.45) is 6.19. The molecular weight excluding hydrogens is 501 g/mol. The number of halogens is 1. The van der Waals surface area contributed by atoms with Gasteiger partial charge >= 0.3 is 0 Å². The largest absolute Gasteiger partial charge is 0.372 e. The number of carbonyl (C=O) groups is 1. The predicted molar refractivity (Wildman–Crippen MR) is 140 cm³/mol. The van der Waals surface area contributed by atoms with E-state index in [1.807, 2.05) is 0 Å². The standard InChI is InChI=1S/C24H39N5O.HI/c1-4-21(29-17-9-12-23(29)30)13-14-26-24(25-5-2)27-19(3)20-10-8-11-22(18-20)28-15-6-7-16-28;/h8,10-11,18-19,21H,4-7,9,12-17H2,1-3H3,(H2,25,26,27);1H. The van der Waals surface area contributed by atoms with Crippen LogP contribution < -0.4 is 15.5 Å². The second-order valence-electron chi connectivity index (χ2n) is 8.46. The van der Waals surface area contributed by atoms with Crippen LogP contribution in [0.5, 0.6) is 0 Å². The summed E-state index contributed by atoms with van der Waals surface area (Å²) < 4.78 is 0. The highest BCUT2D eigenvalue weighted by atomic mass is 127. The van der Waals surface area contributed by atoms with Gasteiger partial charge in [0, 0.05) is 50.9 Å². The molecule has 3 rings (SSSR count). The number of guanidine groups is 1. The van der Waals surface area contributed by atoms with Gasteiger partial charge in [0.2, 0.25) is 5.91 Å². The van der Waals surface area contributed by atoms with E-state index in [9.17, 15) is 4.79 Å². The second kappa shape index (κ2) is 13.1. The van der Waals surface area contributed by atoms with Crippen LogP contribution in [0.15, 0.2) is 29.3 Å². The lowest BCUT2D eigenvalue weighted by atomic mass is 10.1. The van der Waals surface area contributed by atoms with Crippen LogP contribution in [0.4, 0.5) is 5.69 Å². The highest BCUT2D eigenvalue weighted by Gasteiger charge is 2.26. The maximum Gasteiger partial charge on any atom is 0.222 e. The average Bonchev–Trinajstić information content (AvgIpc) is 3.43. The molecule has 2 N–H and O–H groups in total. The number of anilines is 1. The van der Waals surface area contributed by atoms with Gasteiger partial charge in [0.15, 0.2) is 5.96 Å². The van der Waals surface area contributed by atoms with Crippen LogP contribution in [-0.2, 0) is 4.79 Å². The third-order valence-corrected chi connectivity index (χ3v) is 6.29. The zero-order valence-electron chi connectivity index (χ0n) is 19.4. The van der Waals surface area contributed by atoms with E-state index >= 15 is 0 Å². The summed E-state index contributed by atoms with van der Waals surface area (Å²) in [5, 5.41) is 6.93. The molecular formula is C24H40IN5O. The number of rotatable bonds is 9. The van der Waals surface area contributed by atoms with Crippen molar-refractivity contribution in [1.82, 2.24) is 15.5 Å². The monoisotopic (exact) mass is 541 g/mol. The van der Waals surface area contributed by atoms with Crippen molar-refractivity contribution in [2.24, 2.45) is 4.99 Å². The summed E-state index contributed by atoms with van der Waals surface area (Å²) in [5.41, 5.74) is 2.60. The molecule has 1 amide bonds. The third kappa shape index (κ3) is 7.26. The summed E-state index contributed by atoms with van der Waals surface area (Å²) in [6, 6.07) is 9.34. The first-order valence-corrected chi connectivity index (χ1v) is 11.8. The number of nitrogens with zero attached hydrogens (tertiary/aromatic N) is 3. The van der Waals surface area contributed by atoms with Crippen LogP contribution in [-0.4, -0.2) is 55.5 Å². The summed E-state index contributed by atoms with van der Waals surface area (Å²) in [4.78, 5) is 21.4. The van der Waals surface area contributed by atoms with Crippen LogP contribution >= 0.6 is 24.0 Å². The lowest BCUT2D eigenvalue weighted by Crippen LogP contribution is -2.39. The molecule has 2 fully saturated rings. The van der Waals surface area contributed by atoms with E-state index in [4.69, 9.17) is 4.99 Å². The molecule has 2 unspecified atom stereocenters. The molecule has 7 heteroatoms. The summed E-state index contributed by atoms with van der Waals surface area (Å²) in [6.45, 7) is 11.2. The van der Waals surface area contributed by atoms with Gasteiger partial charge in [-0.15, -0.1) is 24.0 Å². The van der Waals surface area contributed by atoms with Crippen LogP contribution in [0.3, 0.4) is 0 Å². The topological polar surface area (TPSA) is 60.0 Å². The molecule has 0 saturated carbocycles. The number of benzene rings is 1. The third-order valence-electron chi connectivity index (χ3n) is 6.29. The van der Waals surface area contributed by atoms with Crippen molar-refractivity contribution >= 4 is 41.5 Å². The maximum absolute atomic E-state index is 12.1. The minimum atomic E-state index is 0. The number of hydrogen-bond donors (Lipinski definition) is 2. The lowest BCUT2D eigenvalue weighted by Gasteiger charge is -2.26. The summed E-state index contributed by atoms with van der Waals surface area (Å²) in [7, 11) is 0. The molecule has 2 saturated heterocycles. The number of amides is 1. The van der Waals surface area contributed by atoms with Gasteiger partial charge < -0.3 is 20.4 Å². The molecule has 2 heterocycles. The molecule has 1 aromatic carbocycles. The highest BCUT2D eigenvalue weighted by molar-refractivity contribution is 14.0. The van der Waals surface area contributed by atoms with E-state index < -0.39 is 0 Å². The highest BCUT2D eigenvalue weighted by Crippen LogP contribution is 2.24. The Morgan fingerprint density at radius 1 is 1.16 bits per heavy atom. The van der Waals surface area contributed by atoms with Crippen molar-refractivity contribution in [1.29, 1.82) is 0 Å². The van der Waals surface area contributed by atoms with Crippen LogP contribution in [0.1, 0.15) is 70.9 Å². The Hall–Kier alpha value is -1.51. The van der Waals surface area contributed by atoms with Crippen molar-refractivity contribution in [3.05, 3.63) is 29.8 Å². The molecule has 2 aliphatic heterocycles. The SMILES string of the molecule is CCNC(=NCCC(CC)N1CCCC1=O)NC(C)c1cccc(N2CCCC2)c1.I. The van der Waals surface area contributed by atoms with Crippen LogP contribution in [0.2, 0.25) is 0 Å². The van der Waals surface area contributed by atoms with Crippen molar-refractivity contribution in [3.63, 3.8) is 0 Å². The van der Waals surface area contributed by atoms with E-state index in [1.54, 1.807) is 0 Å². The Kier molecular flexibility index (Phi) is 10.9. The zero-order chi connectivity index (χ0) is 21.3. The Balaban J connectivity index is 0.00000341. The molecule has 2 aliphatic rings.